The first kappa shape index (κ1) is 17.4. The van der Waals surface area contributed by atoms with Crippen molar-refractivity contribution in [3.63, 3.8) is 0 Å². The topological polar surface area (TPSA) is 44.4 Å². The van der Waals surface area contributed by atoms with Gasteiger partial charge in [-0.2, -0.15) is 0 Å². The van der Waals surface area contributed by atoms with Crippen molar-refractivity contribution < 1.29 is 4.79 Å². The average molecular weight is 353 g/mol. The summed E-state index contributed by atoms with van der Waals surface area (Å²) in [5.74, 6) is 0.118. The number of thiocarbonyl (C=S) groups is 1. The van der Waals surface area contributed by atoms with Crippen LogP contribution < -0.4 is 10.6 Å². The van der Waals surface area contributed by atoms with Crippen LogP contribution in [0.3, 0.4) is 0 Å². The predicted octanol–water partition coefficient (Wildman–Crippen LogP) is 3.45. The number of amides is 1. The summed E-state index contributed by atoms with van der Waals surface area (Å²) in [6, 6.07) is 17.8. The lowest BCUT2D eigenvalue weighted by Gasteiger charge is -2.15. The van der Waals surface area contributed by atoms with E-state index in [0.29, 0.717) is 5.11 Å². The lowest BCUT2D eigenvalue weighted by Crippen LogP contribution is -2.30. The van der Waals surface area contributed by atoms with Crippen LogP contribution >= 0.6 is 12.2 Å². The van der Waals surface area contributed by atoms with E-state index in [1.165, 1.54) is 5.56 Å². The normalized spacial score (nSPS) is 13.5. The number of rotatable bonds is 5. The summed E-state index contributed by atoms with van der Waals surface area (Å²) in [6.45, 7) is 2.52. The summed E-state index contributed by atoms with van der Waals surface area (Å²) in [7, 11) is 0. The molecule has 1 fully saturated rings. The van der Waals surface area contributed by atoms with Gasteiger partial charge in [0, 0.05) is 30.9 Å². The zero-order valence-corrected chi connectivity index (χ0v) is 15.0. The van der Waals surface area contributed by atoms with Crippen molar-refractivity contribution in [3.05, 3.63) is 65.7 Å². The van der Waals surface area contributed by atoms with Gasteiger partial charge in [-0.1, -0.05) is 30.3 Å². The van der Waals surface area contributed by atoms with Crippen LogP contribution in [0.5, 0.6) is 0 Å². The molecule has 0 aliphatic carbocycles. The van der Waals surface area contributed by atoms with E-state index in [9.17, 15) is 4.79 Å². The molecule has 1 saturated heterocycles. The molecule has 25 heavy (non-hydrogen) atoms. The maximum atomic E-state index is 12.3. The van der Waals surface area contributed by atoms with Gasteiger partial charge >= 0.3 is 0 Å². The Hall–Kier alpha value is -2.40. The van der Waals surface area contributed by atoms with E-state index in [2.05, 4.69) is 22.8 Å². The second-order valence-corrected chi connectivity index (χ2v) is 6.60. The van der Waals surface area contributed by atoms with Gasteiger partial charge in [-0.3, -0.25) is 4.79 Å². The Balaban J connectivity index is 1.46. The van der Waals surface area contributed by atoms with E-state index in [1.54, 1.807) is 0 Å². The number of hydrogen-bond donors (Lipinski definition) is 2. The van der Waals surface area contributed by atoms with E-state index in [1.807, 2.05) is 47.4 Å². The highest BCUT2D eigenvalue weighted by atomic mass is 32.1. The Morgan fingerprint density at radius 2 is 1.68 bits per heavy atom. The fourth-order valence-electron chi connectivity index (χ4n) is 2.94. The fourth-order valence-corrected chi connectivity index (χ4v) is 3.16. The van der Waals surface area contributed by atoms with Gasteiger partial charge in [0.1, 0.15) is 0 Å². The predicted molar refractivity (Wildman–Crippen MR) is 106 cm³/mol. The highest BCUT2D eigenvalue weighted by molar-refractivity contribution is 7.80. The molecule has 0 radical (unpaired) electrons. The van der Waals surface area contributed by atoms with Gasteiger partial charge in [-0.15, -0.1) is 0 Å². The molecule has 0 spiro atoms. The van der Waals surface area contributed by atoms with E-state index in [4.69, 9.17) is 12.2 Å². The second kappa shape index (κ2) is 8.62. The minimum atomic E-state index is 0.118. The summed E-state index contributed by atoms with van der Waals surface area (Å²) in [4.78, 5) is 14.2. The molecular weight excluding hydrogens is 330 g/mol. The van der Waals surface area contributed by atoms with Gasteiger partial charge < -0.3 is 15.5 Å². The molecule has 5 heteroatoms. The van der Waals surface area contributed by atoms with E-state index < -0.39 is 0 Å². The van der Waals surface area contributed by atoms with Crippen LogP contribution in [-0.2, 0) is 6.42 Å². The zero-order valence-electron chi connectivity index (χ0n) is 14.2. The monoisotopic (exact) mass is 353 g/mol. The third-order valence-corrected chi connectivity index (χ3v) is 4.57. The molecule has 0 atom stereocenters. The zero-order chi connectivity index (χ0) is 17.5. The van der Waals surface area contributed by atoms with Crippen molar-refractivity contribution in [1.29, 1.82) is 0 Å². The molecule has 1 aliphatic heterocycles. The molecule has 1 amide bonds. The van der Waals surface area contributed by atoms with Gasteiger partial charge in [-0.05, 0) is 61.3 Å². The first-order valence-corrected chi connectivity index (χ1v) is 9.11. The highest BCUT2D eigenvalue weighted by Gasteiger charge is 2.19. The molecule has 1 aliphatic rings. The molecule has 2 aromatic rings. The number of likely N-dealkylation sites (tertiary alicyclic amines) is 1. The van der Waals surface area contributed by atoms with Gasteiger partial charge in [-0.25, -0.2) is 0 Å². The van der Waals surface area contributed by atoms with E-state index >= 15 is 0 Å². The number of nitrogens with zero attached hydrogens (tertiary/aromatic N) is 1. The van der Waals surface area contributed by atoms with Gasteiger partial charge in [0.2, 0.25) is 0 Å². The molecule has 0 bridgehead atoms. The second-order valence-electron chi connectivity index (χ2n) is 6.19. The quantitative estimate of drug-likeness (QED) is 0.808. The minimum absolute atomic E-state index is 0.118. The Labute approximate surface area is 154 Å². The standard InChI is InChI=1S/C20H23N3OS/c24-19(23-14-4-5-15-23)17-8-10-18(11-9-17)22-20(25)21-13-12-16-6-2-1-3-7-16/h1-3,6-11H,4-5,12-15H2,(H2,21,22,25). The molecule has 2 aromatic carbocycles. The molecule has 0 unspecified atom stereocenters. The molecule has 4 nitrogen and oxygen atoms in total. The number of carbonyl (C=O) groups excluding carboxylic acids is 1. The van der Waals surface area contributed by atoms with E-state index in [-0.39, 0.29) is 5.91 Å². The summed E-state index contributed by atoms with van der Waals surface area (Å²) < 4.78 is 0. The van der Waals surface area contributed by atoms with Gasteiger partial charge in [0.15, 0.2) is 5.11 Å². The smallest absolute Gasteiger partial charge is 0.253 e. The maximum absolute atomic E-state index is 12.3. The summed E-state index contributed by atoms with van der Waals surface area (Å²) in [5, 5.41) is 6.96. The first-order chi connectivity index (χ1) is 12.2. The summed E-state index contributed by atoms with van der Waals surface area (Å²) in [5.41, 5.74) is 2.90. The number of anilines is 1. The van der Waals surface area contributed by atoms with Crippen molar-refractivity contribution in [3.8, 4) is 0 Å². The van der Waals surface area contributed by atoms with Crippen molar-refractivity contribution in [2.75, 3.05) is 25.0 Å². The Bertz CT molecular complexity index is 709. The summed E-state index contributed by atoms with van der Waals surface area (Å²) >= 11 is 5.33. The Morgan fingerprint density at radius 1 is 1.00 bits per heavy atom. The maximum Gasteiger partial charge on any atom is 0.253 e. The first-order valence-electron chi connectivity index (χ1n) is 8.70. The molecule has 0 saturated carbocycles. The SMILES string of the molecule is O=C(c1ccc(NC(=S)NCCc2ccccc2)cc1)N1CCCC1. The van der Waals surface area contributed by atoms with Crippen LogP contribution in [0.1, 0.15) is 28.8 Å². The van der Waals surface area contributed by atoms with Crippen molar-refractivity contribution in [2.45, 2.75) is 19.3 Å². The number of hydrogen-bond acceptors (Lipinski definition) is 2. The van der Waals surface area contributed by atoms with Crippen LogP contribution in [-0.4, -0.2) is 35.6 Å². The molecule has 3 rings (SSSR count). The van der Waals surface area contributed by atoms with Crippen molar-refractivity contribution in [2.24, 2.45) is 0 Å². The van der Waals surface area contributed by atoms with Gasteiger partial charge in [0.25, 0.3) is 5.91 Å². The van der Waals surface area contributed by atoms with Crippen LogP contribution in [0.15, 0.2) is 54.6 Å². The number of benzene rings is 2. The lowest BCUT2D eigenvalue weighted by molar-refractivity contribution is 0.0793. The Kier molecular flexibility index (Phi) is 6.01. The van der Waals surface area contributed by atoms with Crippen LogP contribution in [0, 0.1) is 0 Å². The third kappa shape index (κ3) is 5.03. The van der Waals surface area contributed by atoms with Gasteiger partial charge in [0.05, 0.1) is 0 Å². The van der Waals surface area contributed by atoms with Crippen LogP contribution in [0.25, 0.3) is 0 Å². The Morgan fingerprint density at radius 3 is 2.36 bits per heavy atom. The van der Waals surface area contributed by atoms with E-state index in [0.717, 1.165) is 50.1 Å². The molecular formula is C20H23N3OS. The summed E-state index contributed by atoms with van der Waals surface area (Å²) in [6.07, 6.45) is 3.13. The highest BCUT2D eigenvalue weighted by Crippen LogP contribution is 2.15. The fraction of sp³-hybridized carbons (Fsp3) is 0.300. The molecule has 0 aromatic heterocycles. The number of carbonyl (C=O) groups is 1. The van der Waals surface area contributed by atoms with Crippen molar-refractivity contribution >= 4 is 28.9 Å². The van der Waals surface area contributed by atoms with Crippen LogP contribution in [0.4, 0.5) is 5.69 Å². The molecule has 1 heterocycles. The third-order valence-electron chi connectivity index (χ3n) is 4.33. The minimum Gasteiger partial charge on any atom is -0.362 e. The van der Waals surface area contributed by atoms with Crippen LogP contribution in [0.2, 0.25) is 0 Å². The number of nitrogens with one attached hydrogen (secondary N) is 2. The lowest BCUT2D eigenvalue weighted by atomic mass is 10.1. The van der Waals surface area contributed by atoms with Crippen molar-refractivity contribution in [1.82, 2.24) is 10.2 Å². The molecule has 130 valence electrons. The average Bonchev–Trinajstić information content (AvgIpc) is 3.17. The molecule has 2 N–H and O–H groups in total. The largest absolute Gasteiger partial charge is 0.362 e.